The summed E-state index contributed by atoms with van der Waals surface area (Å²) in [6.45, 7) is -0.268. The van der Waals surface area contributed by atoms with Gasteiger partial charge in [0, 0.05) is 0 Å². The van der Waals surface area contributed by atoms with E-state index in [4.69, 9.17) is 21.7 Å². The van der Waals surface area contributed by atoms with Crippen molar-refractivity contribution < 1.29 is 27.4 Å². The second kappa shape index (κ2) is 7.41. The van der Waals surface area contributed by atoms with Crippen LogP contribution in [-0.4, -0.2) is 45.2 Å². The lowest BCUT2D eigenvalue weighted by atomic mass is 10.3. The molecule has 0 amide bonds. The van der Waals surface area contributed by atoms with Crippen molar-refractivity contribution in [3.8, 4) is 11.5 Å². The van der Waals surface area contributed by atoms with Crippen LogP contribution in [0.4, 0.5) is 0 Å². The fraction of sp³-hybridized carbons (Fsp3) is 0.176. The molecular weight excluding hydrogens is 392 g/mol. The van der Waals surface area contributed by atoms with Crippen LogP contribution in [0.25, 0.3) is 11.0 Å². The van der Waals surface area contributed by atoms with E-state index in [-0.39, 0.29) is 22.1 Å². The monoisotopic (exact) mass is 408 g/mol. The minimum absolute atomic E-state index is 0.0157. The van der Waals surface area contributed by atoms with Crippen molar-refractivity contribution in [3.05, 3.63) is 41.2 Å². The molecule has 0 saturated heterocycles. The Bertz CT molecular complexity index is 1150. The fourth-order valence-electron chi connectivity index (χ4n) is 2.52. The summed E-state index contributed by atoms with van der Waals surface area (Å²) in [6.07, 6.45) is 0. The molecule has 1 heterocycles. The molecule has 8 nitrogen and oxygen atoms in total. The molecule has 2 N–H and O–H groups in total. The first-order chi connectivity index (χ1) is 12.9. The van der Waals surface area contributed by atoms with Gasteiger partial charge in [0.25, 0.3) is 0 Å². The molecule has 3 aromatic rings. The smallest absolute Gasteiger partial charge is 0.343 e. The zero-order valence-electron chi connectivity index (χ0n) is 14.4. The molecule has 0 fully saturated rings. The first-order valence-electron chi connectivity index (χ1n) is 7.70. The van der Waals surface area contributed by atoms with Crippen molar-refractivity contribution in [2.24, 2.45) is 0 Å². The average molecular weight is 408 g/mol. The van der Waals surface area contributed by atoms with E-state index < -0.39 is 15.8 Å². The number of nitrogens with one attached hydrogen (secondary N) is 2. The molecule has 1 aromatic heterocycles. The number of hydrogen-bond donors (Lipinski definition) is 2. The van der Waals surface area contributed by atoms with Crippen molar-refractivity contribution in [1.82, 2.24) is 9.97 Å². The van der Waals surface area contributed by atoms with Gasteiger partial charge in [0.1, 0.15) is 16.4 Å². The molecule has 0 saturated carbocycles. The summed E-state index contributed by atoms with van der Waals surface area (Å²) in [5, 5.41) is 0. The van der Waals surface area contributed by atoms with E-state index in [1.54, 1.807) is 12.1 Å². The van der Waals surface area contributed by atoms with Gasteiger partial charge in [-0.25, -0.2) is 13.2 Å². The Hall–Kier alpha value is -2.85. The fourth-order valence-corrected chi connectivity index (χ4v) is 4.31. The number of fused-ring (bicyclic) bond motifs is 1. The van der Waals surface area contributed by atoms with E-state index in [1.165, 1.54) is 38.5 Å². The molecule has 0 aliphatic rings. The van der Waals surface area contributed by atoms with Crippen molar-refractivity contribution in [1.29, 1.82) is 0 Å². The van der Waals surface area contributed by atoms with Crippen LogP contribution in [0.5, 0.6) is 11.5 Å². The molecule has 0 aliphatic carbocycles. The summed E-state index contributed by atoms with van der Waals surface area (Å²) >= 11 is 5.07. The molecule has 0 spiro atoms. The van der Waals surface area contributed by atoms with Gasteiger partial charge in [-0.2, -0.15) is 0 Å². The van der Waals surface area contributed by atoms with Crippen LogP contribution in [-0.2, 0) is 19.4 Å². The van der Waals surface area contributed by atoms with Crippen LogP contribution in [0.2, 0.25) is 0 Å². The Kier molecular flexibility index (Phi) is 5.19. The van der Waals surface area contributed by atoms with Crippen LogP contribution in [0.15, 0.2) is 46.2 Å². The van der Waals surface area contributed by atoms with E-state index in [0.29, 0.717) is 21.6 Å². The lowest BCUT2D eigenvalue weighted by Crippen LogP contribution is -2.12. The Morgan fingerprint density at radius 3 is 2.41 bits per heavy atom. The average Bonchev–Trinajstić information content (AvgIpc) is 3.05. The third-order valence-electron chi connectivity index (χ3n) is 3.82. The zero-order valence-corrected chi connectivity index (χ0v) is 16.1. The molecule has 0 radical (unpaired) electrons. The molecule has 0 bridgehead atoms. The lowest BCUT2D eigenvalue weighted by molar-refractivity contribution is -0.142. The molecule has 10 heteroatoms. The molecule has 2 aromatic carbocycles. The van der Waals surface area contributed by atoms with Crippen LogP contribution < -0.4 is 9.47 Å². The van der Waals surface area contributed by atoms with Gasteiger partial charge in [-0.05, 0) is 48.6 Å². The summed E-state index contributed by atoms with van der Waals surface area (Å²) in [5.41, 5.74) is 0.891. The second-order valence-corrected chi connectivity index (χ2v) is 7.73. The van der Waals surface area contributed by atoms with Gasteiger partial charge in [0.15, 0.2) is 11.4 Å². The maximum Gasteiger partial charge on any atom is 0.343 e. The van der Waals surface area contributed by atoms with Crippen LogP contribution in [0.3, 0.4) is 0 Å². The van der Waals surface area contributed by atoms with Gasteiger partial charge in [-0.3, -0.25) is 0 Å². The van der Waals surface area contributed by atoms with E-state index in [2.05, 4.69) is 14.7 Å². The highest BCUT2D eigenvalue weighted by Gasteiger charge is 2.26. The topological polar surface area (TPSA) is 110 Å². The number of H-pyrrole nitrogens is 2. The highest BCUT2D eigenvalue weighted by molar-refractivity contribution is 7.91. The minimum atomic E-state index is -3.92. The highest BCUT2D eigenvalue weighted by Crippen LogP contribution is 2.35. The standard InChI is InChI=1S/C17H16N2O6S2/c1-23-13-8-7-12-15(19-17(26)18-12)16(13)27(21,22)11-5-3-10(4-6-11)25-9-14(20)24-2/h3-8H,9H2,1-2H3,(H2,18,19,26). The number of methoxy groups -OCH3 is 2. The Balaban J connectivity index is 2.03. The van der Waals surface area contributed by atoms with E-state index in [9.17, 15) is 13.2 Å². The first kappa shape index (κ1) is 18.9. The van der Waals surface area contributed by atoms with E-state index in [1.807, 2.05) is 0 Å². The van der Waals surface area contributed by atoms with Crippen molar-refractivity contribution in [3.63, 3.8) is 0 Å². The van der Waals surface area contributed by atoms with Gasteiger partial charge in [0.05, 0.1) is 30.1 Å². The molecule has 27 heavy (non-hydrogen) atoms. The normalized spacial score (nSPS) is 11.3. The summed E-state index contributed by atoms with van der Waals surface area (Å²) in [4.78, 5) is 16.9. The van der Waals surface area contributed by atoms with Gasteiger partial charge in [-0.1, -0.05) is 0 Å². The van der Waals surface area contributed by atoms with Crippen LogP contribution >= 0.6 is 12.2 Å². The SMILES string of the molecule is COC(=O)COc1ccc(S(=O)(=O)c2c(OC)ccc3[nH]c(=S)[nH]c23)cc1. The van der Waals surface area contributed by atoms with Gasteiger partial charge >= 0.3 is 5.97 Å². The summed E-state index contributed by atoms with van der Waals surface area (Å²) in [7, 11) is -1.27. The van der Waals surface area contributed by atoms with Crippen molar-refractivity contribution >= 4 is 39.1 Å². The summed E-state index contributed by atoms with van der Waals surface area (Å²) in [6, 6.07) is 8.94. The predicted molar refractivity (Wildman–Crippen MR) is 99.4 cm³/mol. The van der Waals surface area contributed by atoms with Gasteiger partial charge in [0.2, 0.25) is 9.84 Å². The molecule has 0 atom stereocenters. The van der Waals surface area contributed by atoms with Gasteiger partial charge in [-0.15, -0.1) is 0 Å². The zero-order chi connectivity index (χ0) is 19.6. The predicted octanol–water partition coefficient (Wildman–Crippen LogP) is 2.62. The maximum atomic E-state index is 13.2. The number of aromatic amines is 2. The Morgan fingerprint density at radius 1 is 1.07 bits per heavy atom. The maximum absolute atomic E-state index is 13.2. The Labute approximate surface area is 160 Å². The van der Waals surface area contributed by atoms with Crippen LogP contribution in [0, 0.1) is 4.77 Å². The third-order valence-corrected chi connectivity index (χ3v) is 5.85. The summed E-state index contributed by atoms with van der Waals surface area (Å²) < 4.78 is 41.7. The lowest BCUT2D eigenvalue weighted by Gasteiger charge is -2.11. The third kappa shape index (κ3) is 3.67. The minimum Gasteiger partial charge on any atom is -0.495 e. The number of imidazole rings is 1. The molecule has 3 rings (SSSR count). The number of sulfone groups is 1. The second-order valence-electron chi connectivity index (χ2n) is 5.44. The number of carbonyl (C=O) groups is 1. The molecule has 0 aliphatic heterocycles. The highest BCUT2D eigenvalue weighted by atomic mass is 32.2. The Morgan fingerprint density at radius 2 is 1.78 bits per heavy atom. The van der Waals surface area contributed by atoms with Crippen molar-refractivity contribution in [2.75, 3.05) is 20.8 Å². The van der Waals surface area contributed by atoms with Gasteiger partial charge < -0.3 is 24.2 Å². The number of hydrogen-bond acceptors (Lipinski definition) is 7. The van der Waals surface area contributed by atoms with E-state index >= 15 is 0 Å². The molecule has 0 unspecified atom stereocenters. The summed E-state index contributed by atoms with van der Waals surface area (Å²) in [5.74, 6) is -0.00447. The first-order valence-corrected chi connectivity index (χ1v) is 9.59. The molecular formula is C17H16N2O6S2. The number of esters is 1. The van der Waals surface area contributed by atoms with Crippen molar-refractivity contribution in [2.45, 2.75) is 9.79 Å². The number of rotatable bonds is 6. The largest absolute Gasteiger partial charge is 0.495 e. The quantitative estimate of drug-likeness (QED) is 0.476. The molecule has 142 valence electrons. The van der Waals surface area contributed by atoms with Crippen LogP contribution in [0.1, 0.15) is 0 Å². The number of carbonyl (C=O) groups excluding carboxylic acids is 1. The number of ether oxygens (including phenoxy) is 3. The number of aromatic nitrogens is 2. The van der Waals surface area contributed by atoms with E-state index in [0.717, 1.165) is 0 Å². The number of benzene rings is 2.